The number of ether oxygens (including phenoxy) is 1. The molecule has 1 aromatic heterocycles. The summed E-state index contributed by atoms with van der Waals surface area (Å²) in [5.74, 6) is 0.00982. The molecule has 0 atom stereocenters. The van der Waals surface area contributed by atoms with Crippen LogP contribution >= 0.6 is 22.9 Å². The van der Waals surface area contributed by atoms with E-state index in [1.165, 1.54) is 23.5 Å². The second-order valence-electron chi connectivity index (χ2n) is 5.23. The van der Waals surface area contributed by atoms with Crippen LogP contribution < -0.4 is 10.2 Å². The van der Waals surface area contributed by atoms with Gasteiger partial charge in [0.1, 0.15) is 18.2 Å². The number of aromatic nitrogens is 1. The number of hydrogen-bond acceptors (Lipinski definition) is 5. The minimum atomic E-state index is -0.380. The Labute approximate surface area is 153 Å². The molecular weight excluding hydrogens is 361 g/mol. The summed E-state index contributed by atoms with van der Waals surface area (Å²) in [5.41, 5.74) is 5.24. The predicted molar refractivity (Wildman–Crippen MR) is 100 cm³/mol. The third-order valence-electron chi connectivity index (χ3n) is 3.30. The van der Waals surface area contributed by atoms with Crippen LogP contribution in [0.25, 0.3) is 0 Å². The molecule has 0 bridgehead atoms. The summed E-state index contributed by atoms with van der Waals surface area (Å²) in [4.78, 5) is 4.25. The Kier molecular flexibility index (Phi) is 5.63. The van der Waals surface area contributed by atoms with Crippen molar-refractivity contribution in [3.05, 3.63) is 75.5 Å². The summed E-state index contributed by atoms with van der Waals surface area (Å²) in [6, 6.07) is 11.7. The Balaban J connectivity index is 1.72. The molecule has 0 saturated heterocycles. The molecule has 0 saturated carbocycles. The third-order valence-corrected chi connectivity index (χ3v) is 4.53. The average Bonchev–Trinajstić information content (AvgIpc) is 3.01. The molecule has 0 amide bonds. The number of aryl methyl sites for hydroxylation is 1. The van der Waals surface area contributed by atoms with Gasteiger partial charge in [-0.05, 0) is 25.1 Å². The lowest BCUT2D eigenvalue weighted by Gasteiger charge is -2.10. The van der Waals surface area contributed by atoms with Crippen LogP contribution in [-0.4, -0.2) is 11.2 Å². The fourth-order valence-corrected chi connectivity index (χ4v) is 2.90. The zero-order chi connectivity index (χ0) is 17.6. The van der Waals surface area contributed by atoms with E-state index in [9.17, 15) is 4.39 Å². The summed E-state index contributed by atoms with van der Waals surface area (Å²) in [6.07, 6.45) is 1.57. The number of rotatable bonds is 6. The van der Waals surface area contributed by atoms with Crippen LogP contribution in [0.3, 0.4) is 0 Å². The predicted octanol–water partition coefficient (Wildman–Crippen LogP) is 5.27. The van der Waals surface area contributed by atoms with Gasteiger partial charge in [0.05, 0.1) is 11.9 Å². The normalized spacial score (nSPS) is 11.0. The van der Waals surface area contributed by atoms with Gasteiger partial charge in [-0.1, -0.05) is 29.8 Å². The molecule has 0 fully saturated rings. The molecule has 25 heavy (non-hydrogen) atoms. The highest BCUT2D eigenvalue weighted by Crippen LogP contribution is 2.22. The van der Waals surface area contributed by atoms with Crippen molar-refractivity contribution in [1.29, 1.82) is 0 Å². The van der Waals surface area contributed by atoms with Crippen molar-refractivity contribution in [3.63, 3.8) is 0 Å². The number of hydrazone groups is 1. The minimum absolute atomic E-state index is 0.239. The maximum atomic E-state index is 13.6. The Morgan fingerprint density at radius 3 is 2.92 bits per heavy atom. The first kappa shape index (κ1) is 17.4. The molecule has 3 aromatic rings. The molecular formula is C18H15ClFN3OS. The average molecular weight is 376 g/mol. The van der Waals surface area contributed by atoms with E-state index in [1.807, 2.05) is 30.5 Å². The van der Waals surface area contributed by atoms with Gasteiger partial charge in [-0.15, -0.1) is 11.3 Å². The molecule has 1 N–H and O–H groups in total. The fraction of sp³-hybridized carbons (Fsp3) is 0.111. The van der Waals surface area contributed by atoms with Gasteiger partial charge < -0.3 is 4.74 Å². The SMILES string of the molecule is Cc1csc(NN=Cc2ccc(F)cc2OCc2ccccc2Cl)n1. The number of nitrogens with zero attached hydrogens (tertiary/aromatic N) is 2. The molecule has 7 heteroatoms. The van der Waals surface area contributed by atoms with Crippen LogP contribution in [0.1, 0.15) is 16.8 Å². The molecule has 0 aliphatic carbocycles. The first-order chi connectivity index (χ1) is 12.1. The molecule has 1 heterocycles. The topological polar surface area (TPSA) is 46.5 Å². The van der Waals surface area contributed by atoms with Crippen molar-refractivity contribution in [2.24, 2.45) is 5.10 Å². The molecule has 128 valence electrons. The first-order valence-corrected chi connectivity index (χ1v) is 8.74. The largest absolute Gasteiger partial charge is 0.488 e. The summed E-state index contributed by atoms with van der Waals surface area (Å²) in [7, 11) is 0. The lowest BCUT2D eigenvalue weighted by Crippen LogP contribution is -2.00. The zero-order valence-electron chi connectivity index (χ0n) is 13.4. The zero-order valence-corrected chi connectivity index (χ0v) is 14.9. The standard InChI is InChI=1S/C18H15ClFN3OS/c1-12-11-25-18(22-12)23-21-9-13-6-7-15(20)8-17(13)24-10-14-4-2-3-5-16(14)19/h2-9,11H,10H2,1H3,(H,22,23). The highest BCUT2D eigenvalue weighted by molar-refractivity contribution is 7.13. The molecule has 3 rings (SSSR count). The van der Waals surface area contributed by atoms with Crippen molar-refractivity contribution in [1.82, 2.24) is 4.98 Å². The van der Waals surface area contributed by atoms with E-state index < -0.39 is 0 Å². The Bertz CT molecular complexity index is 898. The van der Waals surface area contributed by atoms with Gasteiger partial charge in [-0.2, -0.15) is 5.10 Å². The lowest BCUT2D eigenvalue weighted by atomic mass is 10.2. The van der Waals surface area contributed by atoms with E-state index in [1.54, 1.807) is 18.3 Å². The Morgan fingerprint density at radius 1 is 1.32 bits per heavy atom. The number of anilines is 1. The number of nitrogens with one attached hydrogen (secondary N) is 1. The third kappa shape index (κ3) is 4.78. The van der Waals surface area contributed by atoms with Crippen molar-refractivity contribution >= 4 is 34.3 Å². The van der Waals surface area contributed by atoms with Crippen molar-refractivity contribution in [2.45, 2.75) is 13.5 Å². The van der Waals surface area contributed by atoms with Crippen LogP contribution in [0.5, 0.6) is 5.75 Å². The highest BCUT2D eigenvalue weighted by Gasteiger charge is 2.06. The lowest BCUT2D eigenvalue weighted by molar-refractivity contribution is 0.304. The molecule has 0 radical (unpaired) electrons. The highest BCUT2D eigenvalue weighted by atomic mass is 35.5. The maximum Gasteiger partial charge on any atom is 0.203 e. The second kappa shape index (κ2) is 8.09. The van der Waals surface area contributed by atoms with E-state index in [-0.39, 0.29) is 12.4 Å². The number of halogens is 2. The monoisotopic (exact) mass is 375 g/mol. The van der Waals surface area contributed by atoms with Gasteiger partial charge in [0.15, 0.2) is 0 Å². The van der Waals surface area contributed by atoms with Gasteiger partial charge in [-0.25, -0.2) is 9.37 Å². The van der Waals surface area contributed by atoms with Crippen LogP contribution in [0.15, 0.2) is 52.9 Å². The molecule has 0 unspecified atom stereocenters. The smallest absolute Gasteiger partial charge is 0.203 e. The summed E-state index contributed by atoms with van der Waals surface area (Å²) >= 11 is 7.58. The minimum Gasteiger partial charge on any atom is -0.488 e. The summed E-state index contributed by atoms with van der Waals surface area (Å²) in [5, 5.41) is 7.35. The Morgan fingerprint density at radius 2 is 2.16 bits per heavy atom. The number of hydrogen-bond donors (Lipinski definition) is 1. The van der Waals surface area contributed by atoms with Crippen LogP contribution in [0.2, 0.25) is 5.02 Å². The molecule has 0 aliphatic rings. The summed E-state index contributed by atoms with van der Waals surface area (Å²) < 4.78 is 19.3. The van der Waals surface area contributed by atoms with Crippen LogP contribution in [-0.2, 0) is 6.61 Å². The molecule has 2 aromatic carbocycles. The van der Waals surface area contributed by atoms with Crippen molar-refractivity contribution in [3.8, 4) is 5.75 Å². The maximum absolute atomic E-state index is 13.6. The van der Waals surface area contributed by atoms with Gasteiger partial charge in [0.2, 0.25) is 5.13 Å². The fourth-order valence-electron chi connectivity index (χ4n) is 2.07. The van der Waals surface area contributed by atoms with E-state index >= 15 is 0 Å². The second-order valence-corrected chi connectivity index (χ2v) is 6.49. The van der Waals surface area contributed by atoms with Gasteiger partial charge in [-0.3, -0.25) is 5.43 Å². The van der Waals surface area contributed by atoms with Crippen LogP contribution in [0, 0.1) is 12.7 Å². The van der Waals surface area contributed by atoms with Gasteiger partial charge in [0.25, 0.3) is 0 Å². The molecule has 4 nitrogen and oxygen atoms in total. The van der Waals surface area contributed by atoms with E-state index in [0.29, 0.717) is 21.5 Å². The molecule has 0 aliphatic heterocycles. The quantitative estimate of drug-likeness (QED) is 0.471. The number of benzene rings is 2. The molecule has 0 spiro atoms. The first-order valence-electron chi connectivity index (χ1n) is 7.49. The van der Waals surface area contributed by atoms with E-state index in [2.05, 4.69) is 15.5 Å². The van der Waals surface area contributed by atoms with Crippen LogP contribution in [0.4, 0.5) is 9.52 Å². The van der Waals surface area contributed by atoms with Gasteiger partial charge >= 0.3 is 0 Å². The van der Waals surface area contributed by atoms with Gasteiger partial charge in [0, 0.05) is 27.6 Å². The van der Waals surface area contributed by atoms with Crippen molar-refractivity contribution < 1.29 is 9.13 Å². The van der Waals surface area contributed by atoms with E-state index in [4.69, 9.17) is 16.3 Å². The number of thiazole rings is 1. The van der Waals surface area contributed by atoms with Crippen molar-refractivity contribution in [2.75, 3.05) is 5.43 Å². The Hall–Kier alpha value is -2.44. The summed E-state index contributed by atoms with van der Waals surface area (Å²) in [6.45, 7) is 2.15. The van der Waals surface area contributed by atoms with E-state index in [0.717, 1.165) is 11.3 Å².